The van der Waals surface area contributed by atoms with E-state index < -0.39 is 0 Å². The van der Waals surface area contributed by atoms with Crippen LogP contribution in [-0.2, 0) is 13.0 Å². The summed E-state index contributed by atoms with van der Waals surface area (Å²) in [6.07, 6.45) is 3.82. The van der Waals surface area contributed by atoms with Crippen LogP contribution in [0.25, 0.3) is 0 Å². The molecule has 2 nitrogen and oxygen atoms in total. The number of nitrogens with zero attached hydrogens (tertiary/aromatic N) is 1. The van der Waals surface area contributed by atoms with Gasteiger partial charge >= 0.3 is 0 Å². The molecule has 1 aromatic carbocycles. The second kappa shape index (κ2) is 5.35. The normalized spacial score (nSPS) is 15.9. The highest BCUT2D eigenvalue weighted by atomic mass is 15.1. The first kappa shape index (κ1) is 11.5. The molecule has 0 amide bonds. The summed E-state index contributed by atoms with van der Waals surface area (Å²) in [6.45, 7) is 5.88. The highest BCUT2D eigenvalue weighted by Crippen LogP contribution is 2.22. The molecule has 0 unspecified atom stereocenters. The van der Waals surface area contributed by atoms with Crippen LogP contribution in [0.3, 0.4) is 0 Å². The fraction of sp³-hybridized carbons (Fsp3) is 0.571. The molecule has 1 N–H and O–H groups in total. The first-order valence-corrected chi connectivity index (χ1v) is 6.35. The van der Waals surface area contributed by atoms with Gasteiger partial charge in [-0.1, -0.05) is 19.4 Å². The number of rotatable bonds is 4. The summed E-state index contributed by atoms with van der Waals surface area (Å²) in [5.74, 6) is 0. The standard InChI is InChI=1S/C14H22N2/c1-3-4-8-16-9-7-12-10-14(15-2)6-5-13(12)11-16/h5-6,10,15H,3-4,7-9,11H2,1-2H3. The predicted molar refractivity (Wildman–Crippen MR) is 69.9 cm³/mol. The van der Waals surface area contributed by atoms with Crippen molar-refractivity contribution < 1.29 is 0 Å². The second-order valence-corrected chi connectivity index (χ2v) is 4.61. The number of nitrogens with one attached hydrogen (secondary N) is 1. The maximum atomic E-state index is 3.21. The zero-order valence-electron chi connectivity index (χ0n) is 10.4. The summed E-state index contributed by atoms with van der Waals surface area (Å²) >= 11 is 0. The van der Waals surface area contributed by atoms with E-state index in [4.69, 9.17) is 0 Å². The lowest BCUT2D eigenvalue weighted by Gasteiger charge is -2.29. The second-order valence-electron chi connectivity index (χ2n) is 4.61. The average Bonchev–Trinajstić information content (AvgIpc) is 2.35. The molecule has 88 valence electrons. The zero-order chi connectivity index (χ0) is 11.4. The SMILES string of the molecule is CCCCN1CCc2cc(NC)ccc2C1. The van der Waals surface area contributed by atoms with Crippen molar-refractivity contribution in [3.05, 3.63) is 29.3 Å². The molecular formula is C14H22N2. The van der Waals surface area contributed by atoms with Gasteiger partial charge in [0.2, 0.25) is 0 Å². The molecule has 1 aliphatic heterocycles. The van der Waals surface area contributed by atoms with E-state index in [9.17, 15) is 0 Å². The number of hydrogen-bond donors (Lipinski definition) is 1. The topological polar surface area (TPSA) is 15.3 Å². The quantitative estimate of drug-likeness (QED) is 0.836. The molecule has 1 aliphatic rings. The number of anilines is 1. The van der Waals surface area contributed by atoms with E-state index in [1.165, 1.54) is 49.2 Å². The largest absolute Gasteiger partial charge is 0.388 e. The molecule has 0 saturated heterocycles. The third-order valence-electron chi connectivity index (χ3n) is 3.41. The minimum atomic E-state index is 1.14. The number of benzene rings is 1. The summed E-state index contributed by atoms with van der Waals surface area (Å²) in [4.78, 5) is 2.57. The summed E-state index contributed by atoms with van der Waals surface area (Å²) in [5.41, 5.74) is 4.28. The van der Waals surface area contributed by atoms with Gasteiger partial charge in [-0.25, -0.2) is 0 Å². The Hall–Kier alpha value is -1.02. The van der Waals surface area contributed by atoms with Crippen molar-refractivity contribution >= 4 is 5.69 Å². The van der Waals surface area contributed by atoms with Crippen molar-refractivity contribution in [3.8, 4) is 0 Å². The molecular weight excluding hydrogens is 196 g/mol. The lowest BCUT2D eigenvalue weighted by molar-refractivity contribution is 0.250. The molecule has 0 fully saturated rings. The maximum Gasteiger partial charge on any atom is 0.0340 e. The maximum absolute atomic E-state index is 3.21. The summed E-state index contributed by atoms with van der Waals surface area (Å²) in [7, 11) is 1.98. The van der Waals surface area contributed by atoms with Crippen LogP contribution >= 0.6 is 0 Å². The molecule has 0 saturated carbocycles. The Kier molecular flexibility index (Phi) is 3.83. The highest BCUT2D eigenvalue weighted by molar-refractivity contribution is 5.48. The van der Waals surface area contributed by atoms with Crippen molar-refractivity contribution in [1.29, 1.82) is 0 Å². The van der Waals surface area contributed by atoms with E-state index in [1.54, 1.807) is 0 Å². The minimum Gasteiger partial charge on any atom is -0.388 e. The van der Waals surface area contributed by atoms with Gasteiger partial charge in [0.1, 0.15) is 0 Å². The zero-order valence-corrected chi connectivity index (χ0v) is 10.4. The Morgan fingerprint density at radius 1 is 1.31 bits per heavy atom. The first-order chi connectivity index (χ1) is 7.83. The number of fused-ring (bicyclic) bond motifs is 1. The fourth-order valence-electron chi connectivity index (χ4n) is 2.34. The van der Waals surface area contributed by atoms with E-state index in [0.717, 1.165) is 6.54 Å². The lowest BCUT2D eigenvalue weighted by atomic mass is 9.99. The summed E-state index contributed by atoms with van der Waals surface area (Å²) in [5, 5.41) is 3.21. The molecule has 2 heteroatoms. The number of unbranched alkanes of at least 4 members (excludes halogenated alkanes) is 1. The van der Waals surface area contributed by atoms with E-state index >= 15 is 0 Å². The van der Waals surface area contributed by atoms with Crippen LogP contribution in [0.5, 0.6) is 0 Å². The van der Waals surface area contributed by atoms with Crippen molar-refractivity contribution in [3.63, 3.8) is 0 Å². The van der Waals surface area contributed by atoms with Crippen LogP contribution in [0.1, 0.15) is 30.9 Å². The Morgan fingerprint density at radius 3 is 2.94 bits per heavy atom. The Labute approximate surface area is 98.7 Å². The van der Waals surface area contributed by atoms with Gasteiger partial charge in [-0.2, -0.15) is 0 Å². The van der Waals surface area contributed by atoms with Gasteiger partial charge in [0.25, 0.3) is 0 Å². The Bertz CT molecular complexity index is 347. The smallest absolute Gasteiger partial charge is 0.0340 e. The summed E-state index contributed by atoms with van der Waals surface area (Å²) in [6, 6.07) is 6.76. The lowest BCUT2D eigenvalue weighted by Crippen LogP contribution is -2.31. The van der Waals surface area contributed by atoms with Crippen LogP contribution in [0.15, 0.2) is 18.2 Å². The fourth-order valence-corrected chi connectivity index (χ4v) is 2.34. The van der Waals surface area contributed by atoms with Crippen LogP contribution < -0.4 is 5.32 Å². The van der Waals surface area contributed by atoms with Crippen molar-refractivity contribution in [1.82, 2.24) is 4.90 Å². The van der Waals surface area contributed by atoms with Gasteiger partial charge in [-0.05, 0) is 42.6 Å². The van der Waals surface area contributed by atoms with Crippen LogP contribution in [0.2, 0.25) is 0 Å². The third kappa shape index (κ3) is 2.56. The molecule has 0 aliphatic carbocycles. The average molecular weight is 218 g/mol. The molecule has 0 atom stereocenters. The van der Waals surface area contributed by atoms with Gasteiger partial charge < -0.3 is 5.32 Å². The number of hydrogen-bond acceptors (Lipinski definition) is 2. The van der Waals surface area contributed by atoms with Gasteiger partial charge in [0, 0.05) is 25.8 Å². The Morgan fingerprint density at radius 2 is 2.19 bits per heavy atom. The van der Waals surface area contributed by atoms with Crippen LogP contribution in [0.4, 0.5) is 5.69 Å². The minimum absolute atomic E-state index is 1.14. The van der Waals surface area contributed by atoms with Gasteiger partial charge in [0.05, 0.1) is 0 Å². The van der Waals surface area contributed by atoms with Crippen molar-refractivity contribution in [2.24, 2.45) is 0 Å². The molecule has 1 aromatic rings. The summed E-state index contributed by atoms with van der Waals surface area (Å²) < 4.78 is 0. The molecule has 1 heterocycles. The highest BCUT2D eigenvalue weighted by Gasteiger charge is 2.15. The van der Waals surface area contributed by atoms with E-state index in [2.05, 4.69) is 35.3 Å². The van der Waals surface area contributed by atoms with Crippen LogP contribution in [-0.4, -0.2) is 25.0 Å². The van der Waals surface area contributed by atoms with Crippen molar-refractivity contribution in [2.75, 3.05) is 25.5 Å². The third-order valence-corrected chi connectivity index (χ3v) is 3.41. The van der Waals surface area contributed by atoms with E-state index in [-0.39, 0.29) is 0 Å². The first-order valence-electron chi connectivity index (χ1n) is 6.35. The molecule has 0 radical (unpaired) electrons. The van der Waals surface area contributed by atoms with Crippen LogP contribution in [0, 0.1) is 0 Å². The van der Waals surface area contributed by atoms with Crippen molar-refractivity contribution in [2.45, 2.75) is 32.7 Å². The van der Waals surface area contributed by atoms with Gasteiger partial charge in [0.15, 0.2) is 0 Å². The molecule has 0 spiro atoms. The monoisotopic (exact) mass is 218 g/mol. The molecule has 2 rings (SSSR count). The molecule has 0 aromatic heterocycles. The van der Waals surface area contributed by atoms with Gasteiger partial charge in [-0.15, -0.1) is 0 Å². The molecule has 16 heavy (non-hydrogen) atoms. The Balaban J connectivity index is 2.04. The molecule has 0 bridgehead atoms. The van der Waals surface area contributed by atoms with Gasteiger partial charge in [-0.3, -0.25) is 4.90 Å². The van der Waals surface area contributed by atoms with E-state index in [0.29, 0.717) is 0 Å². The van der Waals surface area contributed by atoms with E-state index in [1.807, 2.05) is 7.05 Å². The predicted octanol–water partition coefficient (Wildman–Crippen LogP) is 2.89.